The first-order chi connectivity index (χ1) is 11.0. The largest absolute Gasteiger partial charge is 0.480 e. The van der Waals surface area contributed by atoms with E-state index in [1.54, 1.807) is 12.3 Å². The molecule has 118 valence electrons. The Morgan fingerprint density at radius 3 is 2.74 bits per heavy atom. The SMILES string of the molecule is C=N/C=C(\C=C/C)c1ccc2c(c1)c(C(C)=O)nn2CC(=O)O. The third-order valence-corrected chi connectivity index (χ3v) is 3.28. The number of benzene rings is 1. The molecule has 0 saturated heterocycles. The summed E-state index contributed by atoms with van der Waals surface area (Å²) >= 11 is 0. The lowest BCUT2D eigenvalue weighted by molar-refractivity contribution is -0.137. The van der Waals surface area contributed by atoms with Crippen molar-refractivity contribution in [1.82, 2.24) is 9.78 Å². The highest BCUT2D eigenvalue weighted by atomic mass is 16.4. The number of aromatic nitrogens is 2. The van der Waals surface area contributed by atoms with Crippen molar-refractivity contribution < 1.29 is 14.7 Å². The van der Waals surface area contributed by atoms with Gasteiger partial charge in [-0.3, -0.25) is 19.3 Å². The van der Waals surface area contributed by atoms with Crippen LogP contribution in [0, 0.1) is 0 Å². The van der Waals surface area contributed by atoms with Crippen molar-refractivity contribution in [1.29, 1.82) is 0 Å². The van der Waals surface area contributed by atoms with Gasteiger partial charge < -0.3 is 5.11 Å². The summed E-state index contributed by atoms with van der Waals surface area (Å²) in [6, 6.07) is 5.41. The van der Waals surface area contributed by atoms with Gasteiger partial charge in [0.2, 0.25) is 0 Å². The van der Waals surface area contributed by atoms with Gasteiger partial charge in [0, 0.05) is 18.5 Å². The zero-order chi connectivity index (χ0) is 17.0. The fourth-order valence-corrected chi connectivity index (χ4v) is 2.36. The van der Waals surface area contributed by atoms with E-state index in [2.05, 4.69) is 16.8 Å². The van der Waals surface area contributed by atoms with Crippen LogP contribution in [0.3, 0.4) is 0 Å². The van der Waals surface area contributed by atoms with Gasteiger partial charge >= 0.3 is 5.97 Å². The van der Waals surface area contributed by atoms with Crippen LogP contribution in [0.2, 0.25) is 0 Å². The molecule has 0 aliphatic carbocycles. The number of hydrogen-bond acceptors (Lipinski definition) is 4. The number of aliphatic carboxylic acids is 1. The molecule has 0 atom stereocenters. The van der Waals surface area contributed by atoms with Crippen molar-refractivity contribution in [2.45, 2.75) is 20.4 Å². The molecule has 2 aromatic rings. The molecule has 1 aromatic carbocycles. The van der Waals surface area contributed by atoms with Crippen LogP contribution in [-0.2, 0) is 11.3 Å². The zero-order valence-corrected chi connectivity index (χ0v) is 13.0. The fraction of sp³-hybridized carbons (Fsp3) is 0.176. The first kappa shape index (κ1) is 16.4. The minimum Gasteiger partial charge on any atom is -0.480 e. The standard InChI is InChI=1S/C17H17N3O3/c1-4-5-13(9-18-3)12-6-7-15-14(8-12)17(11(2)21)19-20(15)10-16(22)23/h4-9H,3,10H2,1-2H3,(H,22,23)/b5-4-,13-9+. The molecule has 1 heterocycles. The van der Waals surface area contributed by atoms with Crippen LogP contribution in [-0.4, -0.2) is 33.4 Å². The van der Waals surface area contributed by atoms with Crippen molar-refractivity contribution in [3.8, 4) is 0 Å². The molecule has 2 rings (SSSR count). The number of carbonyl (C=O) groups excluding carboxylic acids is 1. The van der Waals surface area contributed by atoms with Crippen molar-refractivity contribution >= 4 is 34.9 Å². The number of carboxylic acids is 1. The lowest BCUT2D eigenvalue weighted by Crippen LogP contribution is -2.10. The highest BCUT2D eigenvalue weighted by Gasteiger charge is 2.16. The molecule has 0 unspecified atom stereocenters. The highest BCUT2D eigenvalue weighted by Crippen LogP contribution is 2.25. The quantitative estimate of drug-likeness (QED) is 0.505. The van der Waals surface area contributed by atoms with E-state index in [0.717, 1.165) is 11.1 Å². The minimum atomic E-state index is -1.01. The summed E-state index contributed by atoms with van der Waals surface area (Å²) in [5, 5.41) is 13.7. The topological polar surface area (TPSA) is 84.5 Å². The number of fused-ring (bicyclic) bond motifs is 1. The van der Waals surface area contributed by atoms with Crippen LogP contribution in [0.15, 0.2) is 41.5 Å². The summed E-state index contributed by atoms with van der Waals surface area (Å²) < 4.78 is 1.32. The van der Waals surface area contributed by atoms with E-state index in [9.17, 15) is 9.59 Å². The normalized spacial score (nSPS) is 12.0. The fourth-order valence-electron chi connectivity index (χ4n) is 2.36. The Morgan fingerprint density at radius 2 is 2.17 bits per heavy atom. The number of rotatable bonds is 6. The van der Waals surface area contributed by atoms with E-state index in [4.69, 9.17) is 5.11 Å². The van der Waals surface area contributed by atoms with Crippen LogP contribution in [0.1, 0.15) is 29.9 Å². The average Bonchev–Trinajstić information content (AvgIpc) is 2.84. The predicted octanol–water partition coefficient (Wildman–Crippen LogP) is 2.94. The third kappa shape index (κ3) is 3.42. The van der Waals surface area contributed by atoms with Crippen LogP contribution in [0.4, 0.5) is 0 Å². The average molecular weight is 311 g/mol. The number of aliphatic imine (C=N–C) groups is 1. The summed E-state index contributed by atoms with van der Waals surface area (Å²) in [4.78, 5) is 26.5. The molecule has 6 heteroatoms. The molecule has 0 bridgehead atoms. The van der Waals surface area contributed by atoms with Gasteiger partial charge in [-0.2, -0.15) is 5.10 Å². The second-order valence-electron chi connectivity index (χ2n) is 4.96. The summed E-state index contributed by atoms with van der Waals surface area (Å²) in [5.74, 6) is -1.23. The molecule has 6 nitrogen and oxygen atoms in total. The molecular weight excluding hydrogens is 294 g/mol. The van der Waals surface area contributed by atoms with Gasteiger partial charge in [-0.25, -0.2) is 0 Å². The van der Waals surface area contributed by atoms with Crippen molar-refractivity contribution in [2.75, 3.05) is 0 Å². The van der Waals surface area contributed by atoms with Crippen LogP contribution in [0.25, 0.3) is 16.5 Å². The van der Waals surface area contributed by atoms with Gasteiger partial charge in [0.25, 0.3) is 0 Å². The Balaban J connectivity index is 2.68. The van der Waals surface area contributed by atoms with E-state index in [0.29, 0.717) is 10.9 Å². The lowest BCUT2D eigenvalue weighted by atomic mass is 10.0. The summed E-state index contributed by atoms with van der Waals surface area (Å²) in [6.07, 6.45) is 5.38. The number of ketones is 1. The van der Waals surface area contributed by atoms with E-state index in [-0.39, 0.29) is 18.0 Å². The maximum Gasteiger partial charge on any atom is 0.325 e. The number of carboxylic acid groups (broad SMARTS) is 1. The highest BCUT2D eigenvalue weighted by molar-refractivity contribution is 6.05. The molecule has 0 saturated carbocycles. The molecule has 0 aliphatic rings. The summed E-state index contributed by atoms with van der Waals surface area (Å²) in [7, 11) is 0. The Kier molecular flexibility index (Phi) is 4.85. The maximum absolute atomic E-state index is 11.8. The smallest absolute Gasteiger partial charge is 0.325 e. The molecule has 0 amide bonds. The van der Waals surface area contributed by atoms with Gasteiger partial charge in [-0.05, 0) is 36.9 Å². The molecule has 1 aromatic heterocycles. The van der Waals surface area contributed by atoms with E-state index in [1.165, 1.54) is 11.6 Å². The summed E-state index contributed by atoms with van der Waals surface area (Å²) in [5.41, 5.74) is 2.55. The Bertz CT molecular complexity index is 844. The molecule has 0 fully saturated rings. The Morgan fingerprint density at radius 1 is 1.43 bits per heavy atom. The number of hydrogen-bond donors (Lipinski definition) is 1. The van der Waals surface area contributed by atoms with Gasteiger partial charge in [-0.1, -0.05) is 18.2 Å². The second kappa shape index (κ2) is 6.83. The van der Waals surface area contributed by atoms with Crippen LogP contribution >= 0.6 is 0 Å². The lowest BCUT2D eigenvalue weighted by Gasteiger charge is -2.03. The molecular formula is C17H17N3O3. The van der Waals surface area contributed by atoms with E-state index in [1.807, 2.05) is 31.2 Å². The first-order valence-electron chi connectivity index (χ1n) is 7.00. The summed E-state index contributed by atoms with van der Waals surface area (Å²) in [6.45, 7) is 6.46. The minimum absolute atomic E-state index is 0.213. The Labute approximate surface area is 133 Å². The predicted molar refractivity (Wildman–Crippen MR) is 89.7 cm³/mol. The number of allylic oxidation sites excluding steroid dienone is 3. The first-order valence-corrected chi connectivity index (χ1v) is 7.00. The van der Waals surface area contributed by atoms with Crippen LogP contribution < -0.4 is 0 Å². The van der Waals surface area contributed by atoms with Gasteiger partial charge in [0.1, 0.15) is 12.2 Å². The molecule has 0 aliphatic heterocycles. The molecule has 0 radical (unpaired) electrons. The van der Waals surface area contributed by atoms with Gasteiger partial charge in [0.15, 0.2) is 5.78 Å². The van der Waals surface area contributed by atoms with Crippen LogP contribution in [0.5, 0.6) is 0 Å². The van der Waals surface area contributed by atoms with E-state index >= 15 is 0 Å². The number of nitrogens with zero attached hydrogens (tertiary/aromatic N) is 3. The van der Waals surface area contributed by atoms with Gasteiger partial charge in [0.05, 0.1) is 5.52 Å². The van der Waals surface area contributed by atoms with Gasteiger partial charge in [-0.15, -0.1) is 0 Å². The number of Topliss-reactive ketones (excluding diaryl/α,β-unsaturated/α-hetero) is 1. The maximum atomic E-state index is 11.8. The van der Waals surface area contributed by atoms with Crippen molar-refractivity contribution in [2.24, 2.45) is 4.99 Å². The Hall–Kier alpha value is -3.02. The van der Waals surface area contributed by atoms with E-state index < -0.39 is 5.97 Å². The third-order valence-electron chi connectivity index (χ3n) is 3.28. The molecule has 23 heavy (non-hydrogen) atoms. The molecule has 1 N–H and O–H groups in total. The van der Waals surface area contributed by atoms with Crippen molar-refractivity contribution in [3.63, 3.8) is 0 Å². The zero-order valence-electron chi connectivity index (χ0n) is 13.0. The monoisotopic (exact) mass is 311 g/mol. The molecule has 0 spiro atoms. The van der Waals surface area contributed by atoms with Crippen molar-refractivity contribution in [3.05, 3.63) is 47.8 Å². The second-order valence-corrected chi connectivity index (χ2v) is 4.96. The number of carbonyl (C=O) groups is 2.